The summed E-state index contributed by atoms with van der Waals surface area (Å²) in [6, 6.07) is 5.44. The molecule has 0 bridgehead atoms. The molecule has 1 aromatic carbocycles. The number of benzene rings is 1. The first kappa shape index (κ1) is 18.1. The van der Waals surface area contributed by atoms with E-state index in [1.54, 1.807) is 12.1 Å². The molecule has 0 heterocycles. The fraction of sp³-hybridized carbons (Fsp3) is 0.625. The smallest absolute Gasteiger partial charge is 0.241 e. The Hall–Kier alpha value is -0.910. The van der Waals surface area contributed by atoms with Crippen molar-refractivity contribution in [1.29, 1.82) is 0 Å². The first-order valence-corrected chi connectivity index (χ1v) is 9.11. The summed E-state index contributed by atoms with van der Waals surface area (Å²) in [5, 5.41) is 3.07. The lowest BCUT2D eigenvalue weighted by atomic mass is 9.91. The Labute approximate surface area is 129 Å². The maximum atomic E-state index is 12.8. The van der Waals surface area contributed by atoms with Gasteiger partial charge in [0.05, 0.1) is 4.90 Å². The summed E-state index contributed by atoms with van der Waals surface area (Å²) in [7, 11) is -1.65. The third-order valence-electron chi connectivity index (χ3n) is 4.43. The number of hydrogen-bond donors (Lipinski definition) is 2. The second-order valence-electron chi connectivity index (χ2n) is 5.52. The molecule has 4 nitrogen and oxygen atoms in total. The third-order valence-corrected chi connectivity index (χ3v) is 6.16. The van der Waals surface area contributed by atoms with E-state index in [-0.39, 0.29) is 5.54 Å². The first-order valence-electron chi connectivity index (χ1n) is 7.62. The monoisotopic (exact) mass is 312 g/mol. The van der Waals surface area contributed by atoms with Crippen LogP contribution < -0.4 is 10.0 Å². The van der Waals surface area contributed by atoms with Crippen LogP contribution in [0.15, 0.2) is 23.1 Å². The summed E-state index contributed by atoms with van der Waals surface area (Å²) in [5.41, 5.74) is 1.47. The SMILES string of the molecule is CCC(CC)(CC)NS(=O)(=O)c1cccc(CNC)c1C. The van der Waals surface area contributed by atoms with Gasteiger partial charge in [-0.2, -0.15) is 0 Å². The molecule has 0 aliphatic heterocycles. The lowest BCUT2D eigenvalue weighted by Gasteiger charge is -2.31. The Morgan fingerprint density at radius 2 is 1.67 bits per heavy atom. The Bertz CT molecular complexity index is 555. The van der Waals surface area contributed by atoms with Crippen molar-refractivity contribution in [3.05, 3.63) is 29.3 Å². The zero-order valence-corrected chi connectivity index (χ0v) is 14.6. The van der Waals surface area contributed by atoms with E-state index in [2.05, 4.69) is 10.0 Å². The molecule has 0 fully saturated rings. The van der Waals surface area contributed by atoms with Gasteiger partial charge in [0.25, 0.3) is 0 Å². The molecule has 1 aromatic rings. The van der Waals surface area contributed by atoms with Gasteiger partial charge in [0.15, 0.2) is 0 Å². The molecule has 120 valence electrons. The summed E-state index contributed by atoms with van der Waals surface area (Å²) < 4.78 is 28.5. The fourth-order valence-corrected chi connectivity index (χ4v) is 4.54. The molecule has 0 aliphatic carbocycles. The van der Waals surface area contributed by atoms with E-state index in [9.17, 15) is 8.42 Å². The van der Waals surface area contributed by atoms with Crippen LogP contribution in [-0.4, -0.2) is 21.0 Å². The molecule has 21 heavy (non-hydrogen) atoms. The minimum absolute atomic E-state index is 0.357. The predicted molar refractivity (Wildman–Crippen MR) is 87.9 cm³/mol. The van der Waals surface area contributed by atoms with Crippen molar-refractivity contribution in [1.82, 2.24) is 10.0 Å². The highest BCUT2D eigenvalue weighted by Gasteiger charge is 2.31. The Morgan fingerprint density at radius 3 is 2.14 bits per heavy atom. The second kappa shape index (κ2) is 7.38. The van der Waals surface area contributed by atoms with E-state index in [4.69, 9.17) is 0 Å². The summed E-state index contributed by atoms with van der Waals surface area (Å²) in [6.45, 7) is 8.61. The van der Waals surface area contributed by atoms with Crippen LogP contribution >= 0.6 is 0 Å². The van der Waals surface area contributed by atoms with Gasteiger partial charge in [-0.05, 0) is 50.4 Å². The molecule has 0 spiro atoms. The van der Waals surface area contributed by atoms with Gasteiger partial charge in [-0.25, -0.2) is 13.1 Å². The molecule has 0 amide bonds. The molecule has 5 heteroatoms. The van der Waals surface area contributed by atoms with Crippen LogP contribution in [0.3, 0.4) is 0 Å². The number of sulfonamides is 1. The maximum absolute atomic E-state index is 12.8. The second-order valence-corrected chi connectivity index (χ2v) is 7.17. The van der Waals surface area contributed by atoms with Gasteiger partial charge < -0.3 is 5.32 Å². The summed E-state index contributed by atoms with van der Waals surface area (Å²) in [5.74, 6) is 0. The van der Waals surface area contributed by atoms with Crippen molar-refractivity contribution in [2.75, 3.05) is 7.05 Å². The average molecular weight is 312 g/mol. The van der Waals surface area contributed by atoms with Crippen molar-refractivity contribution in [3.8, 4) is 0 Å². The minimum Gasteiger partial charge on any atom is -0.316 e. The normalized spacial score (nSPS) is 12.6. The molecule has 0 unspecified atom stereocenters. The molecule has 1 rings (SSSR count). The van der Waals surface area contributed by atoms with Gasteiger partial charge in [-0.1, -0.05) is 32.9 Å². The molecule has 0 aromatic heterocycles. The van der Waals surface area contributed by atoms with Crippen LogP contribution in [0, 0.1) is 6.92 Å². The van der Waals surface area contributed by atoms with Crippen LogP contribution in [-0.2, 0) is 16.6 Å². The quantitative estimate of drug-likeness (QED) is 0.776. The van der Waals surface area contributed by atoms with Crippen LogP contribution in [0.5, 0.6) is 0 Å². The number of rotatable bonds is 8. The number of nitrogens with one attached hydrogen (secondary N) is 2. The number of hydrogen-bond acceptors (Lipinski definition) is 3. The van der Waals surface area contributed by atoms with E-state index in [0.717, 1.165) is 30.4 Å². The first-order chi connectivity index (χ1) is 9.85. The lowest BCUT2D eigenvalue weighted by Crippen LogP contribution is -2.47. The summed E-state index contributed by atoms with van der Waals surface area (Å²) >= 11 is 0. The molecular weight excluding hydrogens is 284 g/mol. The molecule has 2 N–H and O–H groups in total. The Morgan fingerprint density at radius 1 is 1.10 bits per heavy atom. The zero-order valence-electron chi connectivity index (χ0n) is 13.8. The Kier molecular flexibility index (Phi) is 6.38. The van der Waals surface area contributed by atoms with Gasteiger partial charge in [0, 0.05) is 12.1 Å². The van der Waals surface area contributed by atoms with E-state index >= 15 is 0 Å². The molecule has 0 radical (unpaired) electrons. The van der Waals surface area contributed by atoms with Gasteiger partial charge in [-0.3, -0.25) is 0 Å². The van der Waals surface area contributed by atoms with Crippen LogP contribution in [0.2, 0.25) is 0 Å². The predicted octanol–water partition coefficient (Wildman–Crippen LogP) is 2.96. The van der Waals surface area contributed by atoms with E-state index < -0.39 is 10.0 Å². The van der Waals surface area contributed by atoms with Gasteiger partial charge in [0.2, 0.25) is 10.0 Å². The maximum Gasteiger partial charge on any atom is 0.241 e. The highest BCUT2D eigenvalue weighted by Crippen LogP contribution is 2.25. The van der Waals surface area contributed by atoms with Crippen molar-refractivity contribution >= 4 is 10.0 Å². The van der Waals surface area contributed by atoms with Crippen molar-refractivity contribution < 1.29 is 8.42 Å². The standard InChI is InChI=1S/C16H28N2O2S/c1-6-16(7-2,8-3)18-21(19,20)15-11-9-10-14(12-17-5)13(15)4/h9-11,17-18H,6-8,12H2,1-5H3. The lowest BCUT2D eigenvalue weighted by molar-refractivity contribution is 0.341. The van der Waals surface area contributed by atoms with Crippen LogP contribution in [0.4, 0.5) is 0 Å². The topological polar surface area (TPSA) is 58.2 Å². The van der Waals surface area contributed by atoms with E-state index in [1.807, 2.05) is 40.8 Å². The summed E-state index contributed by atoms with van der Waals surface area (Å²) in [6.07, 6.45) is 2.36. The van der Waals surface area contributed by atoms with Crippen molar-refractivity contribution in [2.45, 2.75) is 63.9 Å². The van der Waals surface area contributed by atoms with Crippen LogP contribution in [0.1, 0.15) is 51.2 Å². The fourth-order valence-electron chi connectivity index (χ4n) is 2.64. The molecular formula is C16H28N2O2S. The molecule has 0 aliphatic rings. The van der Waals surface area contributed by atoms with Gasteiger partial charge in [-0.15, -0.1) is 0 Å². The average Bonchev–Trinajstić information content (AvgIpc) is 2.47. The van der Waals surface area contributed by atoms with E-state index in [1.165, 1.54) is 0 Å². The summed E-state index contributed by atoms with van der Waals surface area (Å²) in [4.78, 5) is 0.384. The Balaban J connectivity index is 3.22. The molecule has 0 saturated heterocycles. The van der Waals surface area contributed by atoms with E-state index in [0.29, 0.717) is 11.4 Å². The molecule has 0 atom stereocenters. The van der Waals surface area contributed by atoms with Gasteiger partial charge in [0.1, 0.15) is 0 Å². The zero-order chi connectivity index (χ0) is 16.1. The highest BCUT2D eigenvalue weighted by molar-refractivity contribution is 7.89. The van der Waals surface area contributed by atoms with Gasteiger partial charge >= 0.3 is 0 Å². The van der Waals surface area contributed by atoms with Crippen molar-refractivity contribution in [3.63, 3.8) is 0 Å². The van der Waals surface area contributed by atoms with Crippen molar-refractivity contribution in [2.24, 2.45) is 0 Å². The largest absolute Gasteiger partial charge is 0.316 e. The minimum atomic E-state index is -3.50. The third kappa shape index (κ3) is 4.05. The van der Waals surface area contributed by atoms with Crippen LogP contribution in [0.25, 0.3) is 0 Å². The highest BCUT2D eigenvalue weighted by atomic mass is 32.2. The molecule has 0 saturated carbocycles.